The first-order valence-electron chi connectivity index (χ1n) is 11.3. The van der Waals surface area contributed by atoms with E-state index in [1.54, 1.807) is 18.2 Å². The van der Waals surface area contributed by atoms with Crippen molar-refractivity contribution in [3.05, 3.63) is 59.7 Å². The minimum absolute atomic E-state index is 0.371. The predicted octanol–water partition coefficient (Wildman–Crippen LogP) is 2.44. The van der Waals surface area contributed by atoms with E-state index in [4.69, 9.17) is 4.74 Å². The quantitative estimate of drug-likeness (QED) is 0.598. The first-order chi connectivity index (χ1) is 15.9. The Morgan fingerprint density at radius 1 is 1.03 bits per heavy atom. The van der Waals surface area contributed by atoms with Gasteiger partial charge in [0.2, 0.25) is 0 Å². The minimum atomic E-state index is -0.877. The zero-order chi connectivity index (χ0) is 23.8. The average Bonchev–Trinajstić information content (AvgIpc) is 2.83. The fourth-order valence-corrected chi connectivity index (χ4v) is 3.66. The van der Waals surface area contributed by atoms with Crippen LogP contribution in [0.2, 0.25) is 0 Å². The molecule has 3 rings (SSSR count). The number of anilines is 2. The van der Waals surface area contributed by atoms with Crippen LogP contribution in [-0.2, 0) is 14.3 Å². The van der Waals surface area contributed by atoms with Crippen molar-refractivity contribution in [3.63, 3.8) is 0 Å². The van der Waals surface area contributed by atoms with Crippen LogP contribution in [-0.4, -0.2) is 68.1 Å². The molecule has 0 aromatic heterocycles. The lowest BCUT2D eigenvalue weighted by Crippen LogP contribution is -2.46. The minimum Gasteiger partial charge on any atom is -0.454 e. The van der Waals surface area contributed by atoms with Gasteiger partial charge in [0, 0.05) is 43.1 Å². The zero-order valence-electron chi connectivity index (χ0n) is 19.5. The molecule has 1 atom stereocenters. The molecule has 8 nitrogen and oxygen atoms in total. The van der Waals surface area contributed by atoms with Gasteiger partial charge in [-0.15, -0.1) is 0 Å². The van der Waals surface area contributed by atoms with Crippen molar-refractivity contribution in [1.82, 2.24) is 10.2 Å². The normalized spacial score (nSPS) is 14.9. The summed E-state index contributed by atoms with van der Waals surface area (Å²) in [4.78, 5) is 41.4. The molecule has 2 aromatic carbocycles. The van der Waals surface area contributed by atoms with Crippen LogP contribution in [0.25, 0.3) is 0 Å². The molecule has 1 aliphatic heterocycles. The molecule has 2 amide bonds. The molecule has 1 fully saturated rings. The van der Waals surface area contributed by atoms with Gasteiger partial charge in [0.25, 0.3) is 11.8 Å². The molecule has 0 aliphatic carbocycles. The van der Waals surface area contributed by atoms with E-state index in [2.05, 4.69) is 27.4 Å². The molecule has 1 aliphatic rings. The van der Waals surface area contributed by atoms with Crippen LogP contribution in [0.5, 0.6) is 0 Å². The average molecular weight is 453 g/mol. The molecule has 1 saturated heterocycles. The highest BCUT2D eigenvalue weighted by atomic mass is 16.5. The van der Waals surface area contributed by atoms with Crippen LogP contribution in [0, 0.1) is 6.92 Å². The van der Waals surface area contributed by atoms with E-state index in [9.17, 15) is 14.4 Å². The second kappa shape index (κ2) is 11.5. The van der Waals surface area contributed by atoms with E-state index >= 15 is 0 Å². The maximum atomic E-state index is 12.3. The number of carbonyl (C=O) groups excluding carboxylic acids is 3. The summed E-state index contributed by atoms with van der Waals surface area (Å²) in [5.74, 6) is -1.48. The number of likely N-dealkylation sites (N-methyl/N-ethyl adjacent to an activating group) is 1. The smallest absolute Gasteiger partial charge is 0.328 e. The van der Waals surface area contributed by atoms with Crippen LogP contribution in [0.15, 0.2) is 48.5 Å². The monoisotopic (exact) mass is 452 g/mol. The number of nitrogens with one attached hydrogen (secondary N) is 2. The SMILES string of the molecule is CCN1CCN(c2ccc(NC(=O)COC(=O)[C@H](C)NC(=O)c3cccc(C)c3)cc2)CC1. The summed E-state index contributed by atoms with van der Waals surface area (Å²) in [6.07, 6.45) is 0. The van der Waals surface area contributed by atoms with Crippen molar-refractivity contribution in [1.29, 1.82) is 0 Å². The topological polar surface area (TPSA) is 91.0 Å². The first kappa shape index (κ1) is 24.3. The van der Waals surface area contributed by atoms with Crippen molar-refractivity contribution >= 4 is 29.2 Å². The van der Waals surface area contributed by atoms with Gasteiger partial charge < -0.3 is 25.2 Å². The first-order valence-corrected chi connectivity index (χ1v) is 11.3. The number of aryl methyl sites for hydroxylation is 1. The summed E-state index contributed by atoms with van der Waals surface area (Å²) >= 11 is 0. The molecule has 1 heterocycles. The van der Waals surface area contributed by atoms with Crippen molar-refractivity contribution in [2.75, 3.05) is 49.5 Å². The predicted molar refractivity (Wildman–Crippen MR) is 128 cm³/mol. The number of benzene rings is 2. The maximum absolute atomic E-state index is 12.3. The van der Waals surface area contributed by atoms with Gasteiger partial charge in [-0.2, -0.15) is 0 Å². The fourth-order valence-electron chi connectivity index (χ4n) is 3.66. The highest BCUT2D eigenvalue weighted by Gasteiger charge is 2.19. The molecule has 2 N–H and O–H groups in total. The molecule has 0 radical (unpaired) electrons. The van der Waals surface area contributed by atoms with Crippen LogP contribution in [0.1, 0.15) is 29.8 Å². The number of hydrogen-bond donors (Lipinski definition) is 2. The highest BCUT2D eigenvalue weighted by Crippen LogP contribution is 2.19. The van der Waals surface area contributed by atoms with Gasteiger partial charge in [-0.05, 0) is 56.8 Å². The van der Waals surface area contributed by atoms with Crippen molar-refractivity contribution in [2.45, 2.75) is 26.8 Å². The number of ether oxygens (including phenoxy) is 1. The Morgan fingerprint density at radius 2 is 1.73 bits per heavy atom. The summed E-state index contributed by atoms with van der Waals surface area (Å²) in [5, 5.41) is 5.31. The molecule has 176 valence electrons. The van der Waals surface area contributed by atoms with E-state index in [-0.39, 0.29) is 5.91 Å². The number of hydrogen-bond acceptors (Lipinski definition) is 6. The molecule has 2 aromatic rings. The third-order valence-corrected chi connectivity index (χ3v) is 5.66. The summed E-state index contributed by atoms with van der Waals surface area (Å²) < 4.78 is 5.06. The molecule has 8 heteroatoms. The largest absolute Gasteiger partial charge is 0.454 e. The second-order valence-electron chi connectivity index (χ2n) is 8.19. The van der Waals surface area contributed by atoms with Crippen LogP contribution in [0.4, 0.5) is 11.4 Å². The fraction of sp³-hybridized carbons (Fsp3) is 0.400. The molecular weight excluding hydrogens is 420 g/mol. The second-order valence-corrected chi connectivity index (χ2v) is 8.19. The Kier molecular flexibility index (Phi) is 8.43. The van der Waals surface area contributed by atoms with Gasteiger partial charge in [0.05, 0.1) is 0 Å². The number of rotatable bonds is 8. The lowest BCUT2D eigenvalue weighted by molar-refractivity contribution is -0.148. The molecule has 0 bridgehead atoms. The summed E-state index contributed by atoms with van der Waals surface area (Å²) in [7, 11) is 0. The molecule has 0 saturated carbocycles. The van der Waals surface area contributed by atoms with Gasteiger partial charge in [0.1, 0.15) is 6.04 Å². The van der Waals surface area contributed by atoms with Gasteiger partial charge in [-0.25, -0.2) is 4.79 Å². The lowest BCUT2D eigenvalue weighted by atomic mass is 10.1. The Labute approximate surface area is 194 Å². The van der Waals surface area contributed by atoms with Gasteiger partial charge >= 0.3 is 5.97 Å². The van der Waals surface area contributed by atoms with Crippen molar-refractivity contribution in [2.24, 2.45) is 0 Å². The third kappa shape index (κ3) is 7.05. The van der Waals surface area contributed by atoms with E-state index in [1.165, 1.54) is 6.92 Å². The van der Waals surface area contributed by atoms with E-state index in [0.29, 0.717) is 11.3 Å². The number of esters is 1. The number of carbonyl (C=O) groups is 3. The van der Waals surface area contributed by atoms with E-state index in [1.807, 2.05) is 37.3 Å². The molecule has 0 unspecified atom stereocenters. The van der Waals surface area contributed by atoms with Gasteiger partial charge in [0.15, 0.2) is 6.61 Å². The van der Waals surface area contributed by atoms with E-state index in [0.717, 1.165) is 44.0 Å². The van der Waals surface area contributed by atoms with Gasteiger partial charge in [-0.1, -0.05) is 24.6 Å². The van der Waals surface area contributed by atoms with Gasteiger partial charge in [-0.3, -0.25) is 9.59 Å². The Bertz CT molecular complexity index is 969. The van der Waals surface area contributed by atoms with Crippen LogP contribution < -0.4 is 15.5 Å². The van der Waals surface area contributed by atoms with Crippen molar-refractivity contribution < 1.29 is 19.1 Å². The Balaban J connectivity index is 1.42. The molecule has 0 spiro atoms. The number of nitrogens with zero attached hydrogens (tertiary/aromatic N) is 2. The summed E-state index contributed by atoms with van der Waals surface area (Å²) in [5.41, 5.74) is 3.16. The van der Waals surface area contributed by atoms with E-state index < -0.39 is 24.5 Å². The highest BCUT2D eigenvalue weighted by molar-refractivity contribution is 5.97. The Morgan fingerprint density at radius 3 is 2.36 bits per heavy atom. The molecular formula is C25H32N4O4. The lowest BCUT2D eigenvalue weighted by Gasteiger charge is -2.35. The summed E-state index contributed by atoms with van der Waals surface area (Å²) in [6.45, 7) is 10.3. The van der Waals surface area contributed by atoms with Crippen LogP contribution >= 0.6 is 0 Å². The maximum Gasteiger partial charge on any atom is 0.328 e. The molecule has 33 heavy (non-hydrogen) atoms. The van der Waals surface area contributed by atoms with Crippen LogP contribution in [0.3, 0.4) is 0 Å². The summed E-state index contributed by atoms with van der Waals surface area (Å²) in [6, 6.07) is 13.8. The standard InChI is InChI=1S/C25H32N4O4/c1-4-28-12-14-29(15-13-28)22-10-8-21(9-11-22)27-23(30)17-33-25(32)19(3)26-24(31)20-7-5-6-18(2)16-20/h5-11,16,19H,4,12-15,17H2,1-3H3,(H,26,31)(H,27,30)/t19-/m0/s1. The Hall–Kier alpha value is -3.39. The van der Waals surface area contributed by atoms with Crippen molar-refractivity contribution in [3.8, 4) is 0 Å². The third-order valence-electron chi connectivity index (χ3n) is 5.66. The zero-order valence-corrected chi connectivity index (χ0v) is 19.5. The number of amides is 2. The number of piperazine rings is 1.